The van der Waals surface area contributed by atoms with E-state index in [1.807, 2.05) is 0 Å². The number of carboxylic acids is 1. The van der Waals surface area contributed by atoms with Crippen molar-refractivity contribution in [1.82, 2.24) is 0 Å². The lowest BCUT2D eigenvalue weighted by Crippen LogP contribution is -2.49. The first-order valence-corrected chi connectivity index (χ1v) is 6.02. The van der Waals surface area contributed by atoms with Gasteiger partial charge >= 0.3 is 11.9 Å². The zero-order valence-corrected chi connectivity index (χ0v) is 9.98. The number of methoxy groups -OCH3 is 1. The molecule has 2 atom stereocenters. The van der Waals surface area contributed by atoms with Gasteiger partial charge in [-0.3, -0.25) is 9.59 Å². The minimum absolute atomic E-state index is 0.152. The van der Waals surface area contributed by atoms with Gasteiger partial charge in [-0.2, -0.15) is 0 Å². The monoisotopic (exact) mass is 242 g/mol. The smallest absolute Gasteiger partial charge is 0.312 e. The standard InChI is InChI=1S/C12H18O5/c1-16-7-9-8(10(13)14)6-12(11(15)17-9)4-2-3-5-12/h8-9H,2-7H2,1H3,(H,13,14). The highest BCUT2D eigenvalue weighted by Crippen LogP contribution is 2.48. The summed E-state index contributed by atoms with van der Waals surface area (Å²) in [5.74, 6) is -1.76. The van der Waals surface area contributed by atoms with Gasteiger partial charge in [-0.25, -0.2) is 0 Å². The van der Waals surface area contributed by atoms with Crippen LogP contribution in [0.25, 0.3) is 0 Å². The third-order valence-electron chi connectivity index (χ3n) is 3.96. The van der Waals surface area contributed by atoms with Gasteiger partial charge in [-0.1, -0.05) is 12.8 Å². The predicted octanol–water partition coefficient (Wildman–Crippen LogP) is 1.21. The Morgan fingerprint density at radius 1 is 1.53 bits per heavy atom. The van der Waals surface area contributed by atoms with Crippen molar-refractivity contribution < 1.29 is 24.2 Å². The maximum Gasteiger partial charge on any atom is 0.312 e. The largest absolute Gasteiger partial charge is 0.481 e. The van der Waals surface area contributed by atoms with Crippen molar-refractivity contribution in [2.45, 2.75) is 38.2 Å². The fraction of sp³-hybridized carbons (Fsp3) is 0.833. The van der Waals surface area contributed by atoms with Gasteiger partial charge in [0.15, 0.2) is 0 Å². The van der Waals surface area contributed by atoms with E-state index in [0.717, 1.165) is 25.7 Å². The second-order valence-corrected chi connectivity index (χ2v) is 5.04. The van der Waals surface area contributed by atoms with Crippen LogP contribution < -0.4 is 0 Å². The van der Waals surface area contributed by atoms with E-state index in [1.54, 1.807) is 0 Å². The van der Waals surface area contributed by atoms with Crippen LogP contribution in [0.3, 0.4) is 0 Å². The van der Waals surface area contributed by atoms with E-state index in [9.17, 15) is 14.7 Å². The molecule has 17 heavy (non-hydrogen) atoms. The van der Waals surface area contributed by atoms with Crippen LogP contribution in [0.15, 0.2) is 0 Å². The van der Waals surface area contributed by atoms with E-state index in [4.69, 9.17) is 9.47 Å². The molecule has 5 heteroatoms. The number of rotatable bonds is 3. The lowest BCUT2D eigenvalue weighted by Gasteiger charge is -2.39. The van der Waals surface area contributed by atoms with Crippen LogP contribution in [0, 0.1) is 11.3 Å². The molecule has 0 aromatic carbocycles. The molecule has 1 N–H and O–H groups in total. The summed E-state index contributed by atoms with van der Waals surface area (Å²) in [7, 11) is 1.48. The second-order valence-electron chi connectivity index (χ2n) is 5.04. The average molecular weight is 242 g/mol. The van der Waals surface area contributed by atoms with Crippen LogP contribution in [-0.2, 0) is 19.1 Å². The van der Waals surface area contributed by atoms with E-state index in [1.165, 1.54) is 7.11 Å². The predicted molar refractivity (Wildman–Crippen MR) is 58.4 cm³/mol. The summed E-state index contributed by atoms with van der Waals surface area (Å²) in [6.45, 7) is 0.152. The molecule has 2 aliphatic rings. The molecular formula is C12H18O5. The van der Waals surface area contributed by atoms with E-state index in [0.29, 0.717) is 6.42 Å². The highest BCUT2D eigenvalue weighted by atomic mass is 16.6. The molecule has 1 aliphatic heterocycles. The first kappa shape index (κ1) is 12.4. The number of esters is 1. The molecule has 1 aliphatic carbocycles. The Labute approximate surface area is 100 Å². The topological polar surface area (TPSA) is 72.8 Å². The van der Waals surface area contributed by atoms with Crippen LogP contribution in [0.1, 0.15) is 32.1 Å². The molecule has 1 spiro atoms. The summed E-state index contributed by atoms with van der Waals surface area (Å²) < 4.78 is 10.2. The Hall–Kier alpha value is -1.10. The van der Waals surface area contributed by atoms with Gasteiger partial charge in [0.25, 0.3) is 0 Å². The number of cyclic esters (lactones) is 1. The molecule has 1 saturated carbocycles. The molecule has 0 aromatic heterocycles. The molecule has 1 saturated heterocycles. The lowest BCUT2D eigenvalue weighted by molar-refractivity contribution is -0.186. The fourth-order valence-corrected chi connectivity index (χ4v) is 3.00. The van der Waals surface area contributed by atoms with Crippen LogP contribution in [0.4, 0.5) is 0 Å². The number of aliphatic carboxylic acids is 1. The zero-order chi connectivity index (χ0) is 12.5. The molecular weight excluding hydrogens is 224 g/mol. The molecule has 2 rings (SSSR count). The molecule has 1 heterocycles. The maximum atomic E-state index is 12.0. The second kappa shape index (κ2) is 4.64. The minimum Gasteiger partial charge on any atom is -0.481 e. The quantitative estimate of drug-likeness (QED) is 0.753. The van der Waals surface area contributed by atoms with E-state index < -0.39 is 23.4 Å². The third-order valence-corrected chi connectivity index (χ3v) is 3.96. The first-order valence-electron chi connectivity index (χ1n) is 6.02. The van der Waals surface area contributed by atoms with Gasteiger partial charge < -0.3 is 14.6 Å². The lowest BCUT2D eigenvalue weighted by atomic mass is 9.74. The Balaban J connectivity index is 2.17. The molecule has 0 aromatic rings. The van der Waals surface area contributed by atoms with E-state index in [2.05, 4.69) is 0 Å². The number of carbonyl (C=O) groups is 2. The Morgan fingerprint density at radius 3 is 2.71 bits per heavy atom. The van der Waals surface area contributed by atoms with E-state index >= 15 is 0 Å². The zero-order valence-electron chi connectivity index (χ0n) is 9.98. The number of hydrogen-bond acceptors (Lipinski definition) is 4. The van der Waals surface area contributed by atoms with Crippen molar-refractivity contribution in [3.8, 4) is 0 Å². The number of carbonyl (C=O) groups excluding carboxylic acids is 1. The summed E-state index contributed by atoms with van der Waals surface area (Å²) in [6.07, 6.45) is 3.24. The SMILES string of the molecule is COCC1OC(=O)C2(CCCC2)CC1C(=O)O. The molecule has 0 amide bonds. The molecule has 0 bridgehead atoms. The highest BCUT2D eigenvalue weighted by molar-refractivity contribution is 5.81. The maximum absolute atomic E-state index is 12.0. The normalized spacial score (nSPS) is 31.5. The summed E-state index contributed by atoms with van der Waals surface area (Å²) in [5.41, 5.74) is -0.534. The van der Waals surface area contributed by atoms with Gasteiger partial charge in [0, 0.05) is 7.11 Å². The van der Waals surface area contributed by atoms with Crippen LogP contribution >= 0.6 is 0 Å². The molecule has 96 valence electrons. The van der Waals surface area contributed by atoms with Crippen LogP contribution in [0.5, 0.6) is 0 Å². The Morgan fingerprint density at radius 2 is 2.18 bits per heavy atom. The highest BCUT2D eigenvalue weighted by Gasteiger charge is 2.52. The number of ether oxygens (including phenoxy) is 2. The van der Waals surface area contributed by atoms with Crippen molar-refractivity contribution in [3.05, 3.63) is 0 Å². The first-order chi connectivity index (χ1) is 8.09. The van der Waals surface area contributed by atoms with Gasteiger partial charge in [0.1, 0.15) is 6.10 Å². The fourth-order valence-electron chi connectivity index (χ4n) is 3.00. The summed E-state index contributed by atoms with van der Waals surface area (Å²) in [4.78, 5) is 23.2. The van der Waals surface area contributed by atoms with Gasteiger partial charge in [-0.15, -0.1) is 0 Å². The molecule has 5 nitrogen and oxygen atoms in total. The number of hydrogen-bond donors (Lipinski definition) is 1. The van der Waals surface area contributed by atoms with Crippen LogP contribution in [-0.4, -0.2) is 36.9 Å². The Bertz CT molecular complexity index is 319. The van der Waals surface area contributed by atoms with Crippen LogP contribution in [0.2, 0.25) is 0 Å². The van der Waals surface area contributed by atoms with Crippen molar-refractivity contribution >= 4 is 11.9 Å². The third kappa shape index (κ3) is 2.16. The van der Waals surface area contributed by atoms with E-state index in [-0.39, 0.29) is 12.6 Å². The molecule has 2 unspecified atom stereocenters. The van der Waals surface area contributed by atoms with Crippen molar-refractivity contribution in [1.29, 1.82) is 0 Å². The minimum atomic E-state index is -0.897. The Kier molecular flexibility index (Phi) is 3.38. The average Bonchev–Trinajstić information content (AvgIpc) is 2.73. The van der Waals surface area contributed by atoms with Crippen molar-refractivity contribution in [2.24, 2.45) is 11.3 Å². The number of carboxylic acid groups (broad SMARTS) is 1. The van der Waals surface area contributed by atoms with Crippen molar-refractivity contribution in [3.63, 3.8) is 0 Å². The van der Waals surface area contributed by atoms with Gasteiger partial charge in [-0.05, 0) is 19.3 Å². The molecule has 0 radical (unpaired) electrons. The summed E-state index contributed by atoms with van der Waals surface area (Å²) in [5, 5.41) is 9.22. The summed E-state index contributed by atoms with van der Waals surface area (Å²) >= 11 is 0. The van der Waals surface area contributed by atoms with Crippen molar-refractivity contribution in [2.75, 3.05) is 13.7 Å². The molecule has 2 fully saturated rings. The van der Waals surface area contributed by atoms with Gasteiger partial charge in [0.2, 0.25) is 0 Å². The summed E-state index contributed by atoms with van der Waals surface area (Å²) in [6, 6.07) is 0. The van der Waals surface area contributed by atoms with Gasteiger partial charge in [0.05, 0.1) is 17.9 Å².